The van der Waals surface area contributed by atoms with Crippen molar-refractivity contribution in [2.45, 2.75) is 12.8 Å². The van der Waals surface area contributed by atoms with Crippen molar-refractivity contribution in [3.63, 3.8) is 0 Å². The Bertz CT molecular complexity index is 561. The number of anilines is 1. The fourth-order valence-electron chi connectivity index (χ4n) is 2.55. The summed E-state index contributed by atoms with van der Waals surface area (Å²) >= 11 is 0. The zero-order chi connectivity index (χ0) is 14.5. The minimum atomic E-state index is 0.213. The molecule has 3 heterocycles. The zero-order valence-electron chi connectivity index (χ0n) is 11.9. The van der Waals surface area contributed by atoms with Gasteiger partial charge in [-0.05, 0) is 18.6 Å². The number of hydrogen-bond donors (Lipinski definition) is 1. The maximum Gasteiger partial charge on any atom is 0.223 e. The standard InChI is InChI=1S/C15H19N5O/c21-15(5-4-13-11-16-12-18-13)20-9-7-19(8-10-20)14-3-1-2-6-17-14/h1-3,6,11-12H,4-5,7-10H2,(H,16,18). The van der Waals surface area contributed by atoms with Crippen LogP contribution in [-0.4, -0.2) is 51.9 Å². The number of aromatic nitrogens is 3. The molecule has 6 nitrogen and oxygen atoms in total. The first-order valence-corrected chi connectivity index (χ1v) is 7.24. The summed E-state index contributed by atoms with van der Waals surface area (Å²) in [6.45, 7) is 3.20. The summed E-state index contributed by atoms with van der Waals surface area (Å²) in [7, 11) is 0. The summed E-state index contributed by atoms with van der Waals surface area (Å²) in [5.41, 5.74) is 1.01. The number of carbonyl (C=O) groups is 1. The Morgan fingerprint density at radius 2 is 2.10 bits per heavy atom. The Kier molecular flexibility index (Phi) is 4.14. The molecule has 0 aromatic carbocycles. The molecule has 0 unspecified atom stereocenters. The minimum Gasteiger partial charge on any atom is -0.353 e. The number of hydrogen-bond acceptors (Lipinski definition) is 4. The average Bonchev–Trinajstić information content (AvgIpc) is 3.07. The molecule has 0 spiro atoms. The van der Waals surface area contributed by atoms with Crippen LogP contribution in [0.3, 0.4) is 0 Å². The average molecular weight is 285 g/mol. The number of amides is 1. The highest BCUT2D eigenvalue weighted by Crippen LogP contribution is 2.13. The molecule has 1 aliphatic heterocycles. The number of piperazine rings is 1. The van der Waals surface area contributed by atoms with Crippen molar-refractivity contribution >= 4 is 11.7 Å². The third-order valence-electron chi connectivity index (χ3n) is 3.77. The van der Waals surface area contributed by atoms with Crippen LogP contribution in [0.1, 0.15) is 12.1 Å². The molecule has 1 saturated heterocycles. The van der Waals surface area contributed by atoms with Gasteiger partial charge in [-0.25, -0.2) is 9.97 Å². The fourth-order valence-corrected chi connectivity index (χ4v) is 2.55. The van der Waals surface area contributed by atoms with Gasteiger partial charge < -0.3 is 14.8 Å². The van der Waals surface area contributed by atoms with Gasteiger partial charge in [0, 0.05) is 50.7 Å². The third kappa shape index (κ3) is 3.39. The SMILES string of the molecule is O=C(CCc1cnc[nH]1)N1CCN(c2ccccn2)CC1. The van der Waals surface area contributed by atoms with Gasteiger partial charge in [0.25, 0.3) is 0 Å². The second kappa shape index (κ2) is 6.39. The van der Waals surface area contributed by atoms with Gasteiger partial charge in [-0.3, -0.25) is 4.79 Å². The van der Waals surface area contributed by atoms with E-state index in [1.807, 2.05) is 23.1 Å². The van der Waals surface area contributed by atoms with Crippen LogP contribution in [0.15, 0.2) is 36.9 Å². The van der Waals surface area contributed by atoms with Gasteiger partial charge >= 0.3 is 0 Å². The van der Waals surface area contributed by atoms with E-state index in [1.54, 1.807) is 18.7 Å². The number of carbonyl (C=O) groups excluding carboxylic acids is 1. The molecule has 0 radical (unpaired) electrons. The lowest BCUT2D eigenvalue weighted by molar-refractivity contribution is -0.131. The van der Waals surface area contributed by atoms with Crippen LogP contribution < -0.4 is 4.90 Å². The van der Waals surface area contributed by atoms with Gasteiger partial charge in [0.2, 0.25) is 5.91 Å². The van der Waals surface area contributed by atoms with E-state index in [2.05, 4.69) is 19.9 Å². The number of pyridine rings is 1. The molecule has 0 bridgehead atoms. The van der Waals surface area contributed by atoms with Crippen LogP contribution in [-0.2, 0) is 11.2 Å². The Balaban J connectivity index is 1.48. The lowest BCUT2D eigenvalue weighted by Gasteiger charge is -2.35. The molecule has 6 heteroatoms. The summed E-state index contributed by atoms with van der Waals surface area (Å²) in [6.07, 6.45) is 6.47. The summed E-state index contributed by atoms with van der Waals surface area (Å²) in [5.74, 6) is 1.20. The molecule has 2 aromatic heterocycles. The van der Waals surface area contributed by atoms with Crippen LogP contribution in [0.2, 0.25) is 0 Å². The first-order chi connectivity index (χ1) is 10.3. The Morgan fingerprint density at radius 3 is 2.76 bits per heavy atom. The monoisotopic (exact) mass is 285 g/mol. The van der Waals surface area contributed by atoms with Gasteiger partial charge in [-0.2, -0.15) is 0 Å². The van der Waals surface area contributed by atoms with E-state index >= 15 is 0 Å². The lowest BCUT2D eigenvalue weighted by atomic mass is 10.2. The first kappa shape index (κ1) is 13.6. The molecule has 1 fully saturated rings. The molecule has 21 heavy (non-hydrogen) atoms. The summed E-state index contributed by atoms with van der Waals surface area (Å²) in [4.78, 5) is 27.7. The third-order valence-corrected chi connectivity index (χ3v) is 3.77. The zero-order valence-corrected chi connectivity index (χ0v) is 11.9. The number of nitrogens with zero attached hydrogens (tertiary/aromatic N) is 4. The number of H-pyrrole nitrogens is 1. The Hall–Kier alpha value is -2.37. The van der Waals surface area contributed by atoms with Gasteiger partial charge in [-0.15, -0.1) is 0 Å². The molecule has 2 aromatic rings. The van der Waals surface area contributed by atoms with E-state index in [1.165, 1.54) is 0 Å². The van der Waals surface area contributed by atoms with Crippen molar-refractivity contribution in [1.29, 1.82) is 0 Å². The van der Waals surface area contributed by atoms with Gasteiger partial charge in [0.1, 0.15) is 5.82 Å². The highest BCUT2D eigenvalue weighted by molar-refractivity contribution is 5.76. The van der Waals surface area contributed by atoms with Crippen LogP contribution in [0.25, 0.3) is 0 Å². The van der Waals surface area contributed by atoms with E-state index in [-0.39, 0.29) is 5.91 Å². The summed E-state index contributed by atoms with van der Waals surface area (Å²) in [6, 6.07) is 5.92. The normalized spacial score (nSPS) is 15.2. The van der Waals surface area contributed by atoms with Crippen molar-refractivity contribution in [3.05, 3.63) is 42.6 Å². The molecular weight excluding hydrogens is 266 g/mol. The number of imidazole rings is 1. The maximum absolute atomic E-state index is 12.2. The van der Waals surface area contributed by atoms with Crippen LogP contribution >= 0.6 is 0 Å². The highest BCUT2D eigenvalue weighted by Gasteiger charge is 2.21. The molecule has 0 aliphatic carbocycles. The van der Waals surface area contributed by atoms with Crippen LogP contribution in [0.4, 0.5) is 5.82 Å². The van der Waals surface area contributed by atoms with E-state index < -0.39 is 0 Å². The van der Waals surface area contributed by atoms with Crippen molar-refractivity contribution in [3.8, 4) is 0 Å². The minimum absolute atomic E-state index is 0.213. The lowest BCUT2D eigenvalue weighted by Crippen LogP contribution is -2.49. The van der Waals surface area contributed by atoms with Crippen molar-refractivity contribution in [1.82, 2.24) is 19.9 Å². The topological polar surface area (TPSA) is 65.1 Å². The van der Waals surface area contributed by atoms with Crippen molar-refractivity contribution < 1.29 is 4.79 Å². The molecular formula is C15H19N5O. The predicted molar refractivity (Wildman–Crippen MR) is 79.9 cm³/mol. The molecule has 1 N–H and O–H groups in total. The second-order valence-corrected chi connectivity index (χ2v) is 5.13. The predicted octanol–water partition coefficient (Wildman–Crippen LogP) is 1.09. The van der Waals surface area contributed by atoms with E-state index in [0.717, 1.165) is 44.1 Å². The molecule has 1 aliphatic rings. The molecule has 1 amide bonds. The quantitative estimate of drug-likeness (QED) is 0.913. The second-order valence-electron chi connectivity index (χ2n) is 5.13. The highest BCUT2D eigenvalue weighted by atomic mass is 16.2. The molecule has 0 atom stereocenters. The number of rotatable bonds is 4. The van der Waals surface area contributed by atoms with Gasteiger partial charge in [-0.1, -0.05) is 6.07 Å². The molecule has 3 rings (SSSR count). The Morgan fingerprint density at radius 1 is 1.24 bits per heavy atom. The summed E-state index contributed by atoms with van der Waals surface area (Å²) < 4.78 is 0. The van der Waals surface area contributed by atoms with Crippen LogP contribution in [0.5, 0.6) is 0 Å². The van der Waals surface area contributed by atoms with Crippen molar-refractivity contribution in [2.75, 3.05) is 31.1 Å². The van der Waals surface area contributed by atoms with E-state index in [9.17, 15) is 4.79 Å². The van der Waals surface area contributed by atoms with E-state index in [4.69, 9.17) is 0 Å². The number of aryl methyl sites for hydroxylation is 1. The first-order valence-electron chi connectivity index (χ1n) is 7.24. The molecule has 110 valence electrons. The smallest absolute Gasteiger partial charge is 0.223 e. The Labute approximate surface area is 123 Å². The van der Waals surface area contributed by atoms with Crippen LogP contribution in [0, 0.1) is 0 Å². The number of nitrogens with one attached hydrogen (secondary N) is 1. The van der Waals surface area contributed by atoms with Gasteiger partial charge in [0.05, 0.1) is 6.33 Å². The molecule has 0 saturated carbocycles. The number of aromatic amines is 1. The van der Waals surface area contributed by atoms with E-state index in [0.29, 0.717) is 6.42 Å². The van der Waals surface area contributed by atoms with Gasteiger partial charge in [0.15, 0.2) is 0 Å². The largest absolute Gasteiger partial charge is 0.353 e. The maximum atomic E-state index is 12.2. The van der Waals surface area contributed by atoms with Crippen molar-refractivity contribution in [2.24, 2.45) is 0 Å². The summed E-state index contributed by atoms with van der Waals surface area (Å²) in [5, 5.41) is 0. The fraction of sp³-hybridized carbons (Fsp3) is 0.400.